The van der Waals surface area contributed by atoms with Crippen molar-refractivity contribution in [2.75, 3.05) is 13.2 Å². The van der Waals surface area contributed by atoms with E-state index in [4.69, 9.17) is 14.5 Å². The van der Waals surface area contributed by atoms with Crippen LogP contribution < -0.4 is 0 Å². The molecule has 1 fully saturated rings. The standard InChI is InChI=1S/C26H31F3N2O4/c1-13(2)20-18-19(17-16(32)11-24(3,4)23(33)21(17)31-20)25(7-9-34-10-8-25)35-22(18)15-6-5-14(12-30-15)26(27,28)29/h5-6,12-13,16,22-23,32-33H,7-11H2,1-4H3/t16-,22+,23+/m0/s1. The van der Waals surface area contributed by atoms with Crippen molar-refractivity contribution in [2.45, 2.75) is 83.0 Å². The Morgan fingerprint density at radius 1 is 1.09 bits per heavy atom. The zero-order valence-electron chi connectivity index (χ0n) is 20.3. The summed E-state index contributed by atoms with van der Waals surface area (Å²) in [7, 11) is 0. The Hall–Kier alpha value is -2.07. The molecule has 0 amide bonds. The lowest BCUT2D eigenvalue weighted by atomic mass is 9.68. The maximum Gasteiger partial charge on any atom is 0.417 e. The first-order valence-electron chi connectivity index (χ1n) is 12.1. The van der Waals surface area contributed by atoms with E-state index in [1.165, 1.54) is 6.07 Å². The van der Waals surface area contributed by atoms with Crippen molar-refractivity contribution in [1.29, 1.82) is 0 Å². The van der Waals surface area contributed by atoms with Crippen LogP contribution in [0.5, 0.6) is 0 Å². The molecule has 6 nitrogen and oxygen atoms in total. The van der Waals surface area contributed by atoms with Crippen molar-refractivity contribution in [1.82, 2.24) is 9.97 Å². The summed E-state index contributed by atoms with van der Waals surface area (Å²) >= 11 is 0. The second-order valence-corrected chi connectivity index (χ2v) is 10.9. The van der Waals surface area contributed by atoms with E-state index in [1.807, 2.05) is 27.7 Å². The molecule has 0 unspecified atom stereocenters. The number of nitrogens with zero attached hydrogens (tertiary/aromatic N) is 2. The molecular formula is C26H31F3N2O4. The summed E-state index contributed by atoms with van der Waals surface area (Å²) in [5.74, 6) is -0.0565. The van der Waals surface area contributed by atoms with E-state index in [-0.39, 0.29) is 5.92 Å². The molecule has 3 atom stereocenters. The highest BCUT2D eigenvalue weighted by molar-refractivity contribution is 5.54. The highest BCUT2D eigenvalue weighted by Gasteiger charge is 2.54. The van der Waals surface area contributed by atoms with Gasteiger partial charge in [-0.25, -0.2) is 0 Å². The number of pyridine rings is 2. The van der Waals surface area contributed by atoms with Crippen LogP contribution in [0.3, 0.4) is 0 Å². The molecule has 35 heavy (non-hydrogen) atoms. The first kappa shape index (κ1) is 24.6. The largest absolute Gasteiger partial charge is 0.417 e. The lowest BCUT2D eigenvalue weighted by molar-refractivity contribution is -0.138. The van der Waals surface area contributed by atoms with Gasteiger partial charge in [0, 0.05) is 49.1 Å². The Bertz CT molecular complexity index is 1120. The fourth-order valence-electron chi connectivity index (χ4n) is 5.82. The summed E-state index contributed by atoms with van der Waals surface area (Å²) in [6.07, 6.45) is -4.72. The van der Waals surface area contributed by atoms with E-state index >= 15 is 0 Å². The van der Waals surface area contributed by atoms with Crippen molar-refractivity contribution in [3.63, 3.8) is 0 Å². The number of aromatic nitrogens is 2. The molecule has 0 radical (unpaired) electrons. The maximum absolute atomic E-state index is 13.2. The molecule has 3 aliphatic rings. The van der Waals surface area contributed by atoms with Crippen LogP contribution in [0.4, 0.5) is 13.2 Å². The summed E-state index contributed by atoms with van der Waals surface area (Å²) in [5.41, 5.74) is 1.48. The minimum absolute atomic E-state index is 0.0565. The Kier molecular flexibility index (Phi) is 5.79. The number of alkyl halides is 3. The van der Waals surface area contributed by atoms with Gasteiger partial charge in [-0.15, -0.1) is 0 Å². The molecule has 2 N–H and O–H groups in total. The number of hydrogen-bond donors (Lipinski definition) is 2. The van der Waals surface area contributed by atoms with Gasteiger partial charge < -0.3 is 19.7 Å². The summed E-state index contributed by atoms with van der Waals surface area (Å²) in [4.78, 5) is 9.05. The molecule has 2 aliphatic heterocycles. The van der Waals surface area contributed by atoms with E-state index in [0.29, 0.717) is 55.1 Å². The van der Waals surface area contributed by atoms with Crippen molar-refractivity contribution in [3.8, 4) is 0 Å². The first-order chi connectivity index (χ1) is 16.4. The summed E-state index contributed by atoms with van der Waals surface area (Å²) in [5, 5.41) is 22.6. The SMILES string of the molecule is CC(C)c1nc2c(c3c1[C@@H](c1ccc(C(F)(F)F)cn1)OC31CCOCC1)[C@@H](O)CC(C)(C)[C@@H]2O. The van der Waals surface area contributed by atoms with Gasteiger partial charge in [0.25, 0.3) is 0 Å². The molecule has 5 rings (SSSR count). The molecule has 0 bridgehead atoms. The average Bonchev–Trinajstić information content (AvgIpc) is 3.10. The van der Waals surface area contributed by atoms with Gasteiger partial charge in [-0.1, -0.05) is 27.7 Å². The summed E-state index contributed by atoms with van der Waals surface area (Å²) in [6, 6.07) is 2.37. The van der Waals surface area contributed by atoms with E-state index in [9.17, 15) is 23.4 Å². The van der Waals surface area contributed by atoms with Crippen molar-refractivity contribution < 1.29 is 32.9 Å². The number of halogens is 3. The van der Waals surface area contributed by atoms with Crippen LogP contribution >= 0.6 is 0 Å². The van der Waals surface area contributed by atoms with Gasteiger partial charge in [-0.3, -0.25) is 9.97 Å². The van der Waals surface area contributed by atoms with Gasteiger partial charge in [0.05, 0.1) is 28.7 Å². The van der Waals surface area contributed by atoms with Gasteiger partial charge in [-0.2, -0.15) is 13.2 Å². The lowest BCUT2D eigenvalue weighted by Gasteiger charge is -2.42. The zero-order valence-corrected chi connectivity index (χ0v) is 20.3. The fraction of sp³-hybridized carbons (Fsp3) is 0.615. The van der Waals surface area contributed by atoms with Crippen molar-refractivity contribution in [2.24, 2.45) is 5.41 Å². The predicted molar refractivity (Wildman–Crippen MR) is 121 cm³/mol. The topological polar surface area (TPSA) is 84.7 Å². The normalized spacial score (nSPS) is 27.2. The third-order valence-electron chi connectivity index (χ3n) is 7.67. The van der Waals surface area contributed by atoms with Gasteiger partial charge >= 0.3 is 6.18 Å². The molecule has 1 aliphatic carbocycles. The number of aliphatic hydroxyl groups is 2. The Labute approximate surface area is 202 Å². The van der Waals surface area contributed by atoms with Gasteiger partial charge in [0.1, 0.15) is 12.2 Å². The first-order valence-corrected chi connectivity index (χ1v) is 12.1. The maximum atomic E-state index is 13.2. The second kappa shape index (κ2) is 8.23. The number of rotatable bonds is 2. The highest BCUT2D eigenvalue weighted by Crippen LogP contribution is 2.59. The molecule has 2 aromatic rings. The van der Waals surface area contributed by atoms with E-state index in [0.717, 1.165) is 23.4 Å². The monoisotopic (exact) mass is 492 g/mol. The molecule has 0 saturated carbocycles. The fourth-order valence-corrected chi connectivity index (χ4v) is 5.82. The number of fused-ring (bicyclic) bond motifs is 4. The average molecular weight is 493 g/mol. The predicted octanol–water partition coefficient (Wildman–Crippen LogP) is 5.24. The van der Waals surface area contributed by atoms with Crippen LogP contribution in [0.25, 0.3) is 0 Å². The Balaban J connectivity index is 1.76. The van der Waals surface area contributed by atoms with E-state index in [2.05, 4.69) is 4.98 Å². The van der Waals surface area contributed by atoms with E-state index in [1.54, 1.807) is 0 Å². The molecule has 1 spiro atoms. The third-order valence-corrected chi connectivity index (χ3v) is 7.67. The minimum Gasteiger partial charge on any atom is -0.388 e. The molecular weight excluding hydrogens is 461 g/mol. The minimum atomic E-state index is -4.49. The van der Waals surface area contributed by atoms with Gasteiger partial charge in [0.2, 0.25) is 0 Å². The van der Waals surface area contributed by atoms with Crippen LogP contribution in [-0.2, 0) is 21.3 Å². The summed E-state index contributed by atoms with van der Waals surface area (Å²) < 4.78 is 51.9. The highest BCUT2D eigenvalue weighted by atomic mass is 19.4. The van der Waals surface area contributed by atoms with Crippen molar-refractivity contribution in [3.05, 3.63) is 57.7 Å². The van der Waals surface area contributed by atoms with Crippen LogP contribution in [-0.4, -0.2) is 33.4 Å². The molecule has 4 heterocycles. The lowest BCUT2D eigenvalue weighted by Crippen LogP contribution is -2.38. The number of hydrogen-bond acceptors (Lipinski definition) is 6. The molecule has 9 heteroatoms. The second-order valence-electron chi connectivity index (χ2n) is 10.9. The molecule has 0 aromatic carbocycles. The van der Waals surface area contributed by atoms with Crippen LogP contribution in [0.15, 0.2) is 18.3 Å². The molecule has 2 aromatic heterocycles. The quantitative estimate of drug-likeness (QED) is 0.597. The molecule has 190 valence electrons. The molecule has 1 saturated heterocycles. The Morgan fingerprint density at radius 3 is 2.34 bits per heavy atom. The van der Waals surface area contributed by atoms with E-state index < -0.39 is 41.1 Å². The van der Waals surface area contributed by atoms with Gasteiger partial charge in [-0.05, 0) is 35.4 Å². The van der Waals surface area contributed by atoms with Crippen LogP contribution in [0, 0.1) is 5.41 Å². The third kappa shape index (κ3) is 3.87. The Morgan fingerprint density at radius 2 is 1.77 bits per heavy atom. The number of ether oxygens (including phenoxy) is 2. The van der Waals surface area contributed by atoms with Gasteiger partial charge in [0.15, 0.2) is 0 Å². The number of aliphatic hydroxyl groups excluding tert-OH is 2. The smallest absolute Gasteiger partial charge is 0.388 e. The summed E-state index contributed by atoms with van der Waals surface area (Å²) in [6.45, 7) is 8.68. The van der Waals surface area contributed by atoms with Crippen molar-refractivity contribution >= 4 is 0 Å². The van der Waals surface area contributed by atoms with Crippen LogP contribution in [0.2, 0.25) is 0 Å². The zero-order chi connectivity index (χ0) is 25.3. The van der Waals surface area contributed by atoms with Crippen LogP contribution in [0.1, 0.15) is 111 Å².